The van der Waals surface area contributed by atoms with Crippen molar-refractivity contribution in [2.24, 2.45) is 0 Å². The van der Waals surface area contributed by atoms with E-state index in [2.05, 4.69) is 38.3 Å². The molecule has 150 valence electrons. The van der Waals surface area contributed by atoms with Crippen molar-refractivity contribution in [1.29, 1.82) is 0 Å². The van der Waals surface area contributed by atoms with Crippen LogP contribution in [-0.2, 0) is 0 Å². The molecule has 2 heterocycles. The molecule has 3 rings (SSSR count). The van der Waals surface area contributed by atoms with Crippen LogP contribution in [0.4, 0.5) is 11.5 Å². The van der Waals surface area contributed by atoms with E-state index in [1.807, 2.05) is 24.3 Å². The molecule has 28 heavy (non-hydrogen) atoms. The fourth-order valence-electron chi connectivity index (χ4n) is 3.35. The van der Waals surface area contributed by atoms with Gasteiger partial charge in [-0.15, -0.1) is 10.2 Å². The van der Waals surface area contributed by atoms with Gasteiger partial charge in [0.2, 0.25) is 0 Å². The van der Waals surface area contributed by atoms with Gasteiger partial charge in [-0.3, -0.25) is 4.79 Å². The number of aromatic nitrogens is 2. The summed E-state index contributed by atoms with van der Waals surface area (Å²) in [6.45, 7) is 6.26. The standard InChI is InChI=1S/C21H29N5O2/c1-3-4-7-12-22-21(27)17-10-11-20(24-23-17)26-15-13-25(14-16-26)18-8-5-6-9-19(18)28-2/h5-6,8-11H,3-4,7,12-16H2,1-2H3,(H,22,27). The van der Waals surface area contributed by atoms with E-state index in [9.17, 15) is 4.79 Å². The van der Waals surface area contributed by atoms with Gasteiger partial charge < -0.3 is 19.9 Å². The van der Waals surface area contributed by atoms with E-state index in [1.54, 1.807) is 13.2 Å². The first kappa shape index (κ1) is 19.9. The van der Waals surface area contributed by atoms with E-state index in [4.69, 9.17) is 4.74 Å². The number of benzene rings is 1. The SMILES string of the molecule is CCCCCNC(=O)c1ccc(N2CCN(c3ccccc3OC)CC2)nn1. The lowest BCUT2D eigenvalue weighted by Crippen LogP contribution is -2.47. The Hall–Kier alpha value is -2.83. The van der Waals surface area contributed by atoms with Gasteiger partial charge in [-0.25, -0.2) is 0 Å². The Labute approximate surface area is 166 Å². The Bertz CT molecular complexity index is 758. The monoisotopic (exact) mass is 383 g/mol. The highest BCUT2D eigenvalue weighted by atomic mass is 16.5. The molecule has 0 radical (unpaired) electrons. The molecule has 1 N–H and O–H groups in total. The molecule has 1 aromatic heterocycles. The molecule has 1 aliphatic rings. The van der Waals surface area contributed by atoms with E-state index >= 15 is 0 Å². The summed E-state index contributed by atoms with van der Waals surface area (Å²) in [6.07, 6.45) is 3.24. The van der Waals surface area contributed by atoms with Crippen molar-refractivity contribution in [2.75, 3.05) is 49.6 Å². The summed E-state index contributed by atoms with van der Waals surface area (Å²) < 4.78 is 5.47. The van der Waals surface area contributed by atoms with Crippen LogP contribution in [0.5, 0.6) is 5.75 Å². The van der Waals surface area contributed by atoms with Crippen molar-refractivity contribution in [2.45, 2.75) is 26.2 Å². The van der Waals surface area contributed by atoms with Crippen LogP contribution in [0, 0.1) is 0 Å². The fourth-order valence-corrected chi connectivity index (χ4v) is 3.35. The van der Waals surface area contributed by atoms with Crippen LogP contribution in [-0.4, -0.2) is 55.9 Å². The van der Waals surface area contributed by atoms with Crippen molar-refractivity contribution in [1.82, 2.24) is 15.5 Å². The Morgan fingerprint density at radius 1 is 1.04 bits per heavy atom. The number of nitrogens with one attached hydrogen (secondary N) is 1. The Morgan fingerprint density at radius 2 is 1.79 bits per heavy atom. The number of methoxy groups -OCH3 is 1. The summed E-state index contributed by atoms with van der Waals surface area (Å²) in [5.74, 6) is 1.54. The second-order valence-electron chi connectivity index (χ2n) is 6.89. The highest BCUT2D eigenvalue weighted by Gasteiger charge is 2.21. The van der Waals surface area contributed by atoms with Crippen LogP contribution in [0.3, 0.4) is 0 Å². The number of carbonyl (C=O) groups is 1. The lowest BCUT2D eigenvalue weighted by molar-refractivity contribution is 0.0947. The quantitative estimate of drug-likeness (QED) is 0.707. The topological polar surface area (TPSA) is 70.6 Å². The molecule has 7 heteroatoms. The van der Waals surface area contributed by atoms with Gasteiger partial charge in [0.15, 0.2) is 11.5 Å². The zero-order valence-electron chi connectivity index (χ0n) is 16.7. The average Bonchev–Trinajstić information content (AvgIpc) is 2.77. The first-order valence-corrected chi connectivity index (χ1v) is 9.97. The Kier molecular flexibility index (Phi) is 7.06. The predicted molar refractivity (Wildman–Crippen MR) is 111 cm³/mol. The summed E-state index contributed by atoms with van der Waals surface area (Å²) in [6, 6.07) is 11.7. The third-order valence-corrected chi connectivity index (χ3v) is 4.98. The third-order valence-electron chi connectivity index (χ3n) is 4.98. The molecule has 1 amide bonds. The average molecular weight is 383 g/mol. The number of hydrogen-bond acceptors (Lipinski definition) is 6. The van der Waals surface area contributed by atoms with Crippen LogP contribution in [0.25, 0.3) is 0 Å². The molecule has 0 bridgehead atoms. The molecule has 1 saturated heterocycles. The van der Waals surface area contributed by atoms with Crippen LogP contribution in [0.2, 0.25) is 0 Å². The highest BCUT2D eigenvalue weighted by molar-refractivity contribution is 5.92. The van der Waals surface area contributed by atoms with Crippen molar-refractivity contribution in [3.63, 3.8) is 0 Å². The van der Waals surface area contributed by atoms with Gasteiger partial charge in [0.05, 0.1) is 12.8 Å². The molecule has 1 aliphatic heterocycles. The number of ether oxygens (including phenoxy) is 1. The van der Waals surface area contributed by atoms with Crippen LogP contribution in [0.15, 0.2) is 36.4 Å². The Morgan fingerprint density at radius 3 is 2.46 bits per heavy atom. The van der Waals surface area contributed by atoms with E-state index < -0.39 is 0 Å². The number of nitrogens with zero attached hydrogens (tertiary/aromatic N) is 4. The van der Waals surface area contributed by atoms with Gasteiger partial charge in [0, 0.05) is 32.7 Å². The van der Waals surface area contributed by atoms with Crippen LogP contribution in [0.1, 0.15) is 36.7 Å². The highest BCUT2D eigenvalue weighted by Crippen LogP contribution is 2.28. The second-order valence-corrected chi connectivity index (χ2v) is 6.89. The van der Waals surface area contributed by atoms with Crippen molar-refractivity contribution in [3.8, 4) is 5.75 Å². The van der Waals surface area contributed by atoms with Gasteiger partial charge in [-0.05, 0) is 30.7 Å². The maximum absolute atomic E-state index is 12.1. The van der Waals surface area contributed by atoms with Crippen molar-refractivity contribution >= 4 is 17.4 Å². The molecule has 1 aromatic carbocycles. The van der Waals surface area contributed by atoms with Gasteiger partial charge >= 0.3 is 0 Å². The zero-order chi connectivity index (χ0) is 19.8. The van der Waals surface area contributed by atoms with Crippen molar-refractivity contribution in [3.05, 3.63) is 42.1 Å². The largest absolute Gasteiger partial charge is 0.495 e. The molecule has 0 spiro atoms. The number of rotatable bonds is 8. The van der Waals surface area contributed by atoms with E-state index in [1.165, 1.54) is 0 Å². The first-order chi connectivity index (χ1) is 13.7. The lowest BCUT2D eigenvalue weighted by atomic mass is 10.2. The maximum Gasteiger partial charge on any atom is 0.271 e. The number of amides is 1. The smallest absolute Gasteiger partial charge is 0.271 e. The van der Waals surface area contributed by atoms with Gasteiger partial charge in [-0.1, -0.05) is 31.9 Å². The molecule has 7 nitrogen and oxygen atoms in total. The summed E-state index contributed by atoms with van der Waals surface area (Å²) in [5.41, 5.74) is 1.48. The number of unbranched alkanes of at least 4 members (excludes halogenated alkanes) is 2. The first-order valence-electron chi connectivity index (χ1n) is 9.97. The summed E-state index contributed by atoms with van der Waals surface area (Å²) in [4.78, 5) is 16.6. The van der Waals surface area contributed by atoms with E-state index in [-0.39, 0.29) is 5.91 Å². The summed E-state index contributed by atoms with van der Waals surface area (Å²) >= 11 is 0. The number of hydrogen-bond donors (Lipinski definition) is 1. The normalized spacial score (nSPS) is 14.1. The molecule has 2 aromatic rings. The third kappa shape index (κ3) is 4.91. The minimum atomic E-state index is -0.156. The Balaban J connectivity index is 1.54. The van der Waals surface area contributed by atoms with Crippen LogP contribution < -0.4 is 19.9 Å². The van der Waals surface area contributed by atoms with Gasteiger partial charge in [0.25, 0.3) is 5.91 Å². The fraction of sp³-hybridized carbons (Fsp3) is 0.476. The minimum Gasteiger partial charge on any atom is -0.495 e. The summed E-state index contributed by atoms with van der Waals surface area (Å²) in [7, 11) is 1.70. The zero-order valence-corrected chi connectivity index (χ0v) is 16.7. The molecular formula is C21H29N5O2. The van der Waals surface area contributed by atoms with Gasteiger partial charge in [0.1, 0.15) is 5.75 Å². The van der Waals surface area contributed by atoms with Crippen LogP contribution >= 0.6 is 0 Å². The van der Waals surface area contributed by atoms with Gasteiger partial charge in [-0.2, -0.15) is 0 Å². The maximum atomic E-state index is 12.1. The number of piperazine rings is 1. The number of anilines is 2. The number of carbonyl (C=O) groups excluding carboxylic acids is 1. The molecule has 0 aliphatic carbocycles. The molecule has 0 unspecified atom stereocenters. The molecule has 1 fully saturated rings. The minimum absolute atomic E-state index is 0.156. The molecule has 0 saturated carbocycles. The summed E-state index contributed by atoms with van der Waals surface area (Å²) in [5, 5.41) is 11.3. The lowest BCUT2D eigenvalue weighted by Gasteiger charge is -2.37. The van der Waals surface area contributed by atoms with E-state index in [0.717, 1.165) is 62.7 Å². The molecule has 0 atom stereocenters. The second kappa shape index (κ2) is 9.92. The van der Waals surface area contributed by atoms with Crippen molar-refractivity contribution < 1.29 is 9.53 Å². The molecular weight excluding hydrogens is 354 g/mol. The predicted octanol–water partition coefficient (Wildman–Crippen LogP) is 2.73. The number of para-hydroxylation sites is 2. The van der Waals surface area contributed by atoms with E-state index in [0.29, 0.717) is 12.2 Å².